The molecule has 1 aromatic carbocycles. The molecule has 0 spiro atoms. The van der Waals surface area contributed by atoms with E-state index in [4.69, 9.17) is 4.74 Å². The molecule has 3 N–H and O–H groups in total. The van der Waals surface area contributed by atoms with E-state index >= 15 is 0 Å². The van der Waals surface area contributed by atoms with E-state index in [1.54, 1.807) is 42.8 Å². The summed E-state index contributed by atoms with van der Waals surface area (Å²) in [6, 6.07) is 6.57. The summed E-state index contributed by atoms with van der Waals surface area (Å²) in [4.78, 5) is 33.1. The van der Waals surface area contributed by atoms with Crippen molar-refractivity contribution in [2.75, 3.05) is 23.1 Å². The number of thiazole rings is 2. The van der Waals surface area contributed by atoms with Gasteiger partial charge in [0.05, 0.1) is 18.5 Å². The highest BCUT2D eigenvalue weighted by molar-refractivity contribution is 7.18. The molecule has 3 amide bonds. The maximum Gasteiger partial charge on any atom is 0.325 e. The van der Waals surface area contributed by atoms with Gasteiger partial charge in [-0.25, -0.2) is 14.8 Å². The fourth-order valence-corrected chi connectivity index (χ4v) is 3.48. The lowest BCUT2D eigenvalue weighted by molar-refractivity contribution is 0.102. The summed E-state index contributed by atoms with van der Waals surface area (Å²) < 4.78 is 5.19. The minimum absolute atomic E-state index is 0.312. The standard InChI is InChI=1S/C16H15N5O3S2/c1-9-12(13(22)20-15-17-7-8-25-15)26-16(18-9)21-14(23)19-10-5-3-4-6-11(10)24-2/h3-8H,1-2H3,(H,17,20,22)(H2,18,19,21,23). The first-order valence-electron chi connectivity index (χ1n) is 7.46. The van der Waals surface area contributed by atoms with Gasteiger partial charge in [-0.3, -0.25) is 15.4 Å². The number of anilines is 3. The van der Waals surface area contributed by atoms with Gasteiger partial charge in [0.1, 0.15) is 10.6 Å². The zero-order valence-corrected chi connectivity index (χ0v) is 15.5. The number of hydrogen-bond donors (Lipinski definition) is 3. The van der Waals surface area contributed by atoms with Crippen molar-refractivity contribution in [2.45, 2.75) is 6.92 Å². The van der Waals surface area contributed by atoms with Gasteiger partial charge >= 0.3 is 6.03 Å². The molecule has 0 aliphatic carbocycles. The third-order valence-corrected chi connectivity index (χ3v) is 4.99. The predicted octanol–water partition coefficient (Wildman–Crippen LogP) is 3.81. The van der Waals surface area contributed by atoms with Crippen molar-refractivity contribution in [3.05, 3.63) is 46.4 Å². The number of rotatable bonds is 5. The van der Waals surface area contributed by atoms with Crippen LogP contribution in [0, 0.1) is 6.92 Å². The average Bonchev–Trinajstić information content (AvgIpc) is 3.24. The number of ether oxygens (including phenoxy) is 1. The van der Waals surface area contributed by atoms with Crippen molar-refractivity contribution in [1.29, 1.82) is 0 Å². The lowest BCUT2D eigenvalue weighted by Gasteiger charge is -2.09. The molecular weight excluding hydrogens is 374 g/mol. The van der Waals surface area contributed by atoms with Crippen LogP contribution in [0.25, 0.3) is 0 Å². The summed E-state index contributed by atoms with van der Waals surface area (Å²) in [6.45, 7) is 1.70. The highest BCUT2D eigenvalue weighted by Crippen LogP contribution is 2.26. The van der Waals surface area contributed by atoms with E-state index in [-0.39, 0.29) is 5.91 Å². The topological polar surface area (TPSA) is 105 Å². The summed E-state index contributed by atoms with van der Waals surface area (Å²) in [7, 11) is 1.52. The van der Waals surface area contributed by atoms with E-state index in [0.717, 1.165) is 11.3 Å². The number of nitrogens with zero attached hydrogens (tertiary/aromatic N) is 2. The Bertz CT molecular complexity index is 924. The van der Waals surface area contributed by atoms with Crippen LogP contribution < -0.4 is 20.7 Å². The van der Waals surface area contributed by atoms with Gasteiger partial charge in [-0.1, -0.05) is 23.5 Å². The first-order valence-corrected chi connectivity index (χ1v) is 9.15. The first-order chi connectivity index (χ1) is 12.6. The number of aromatic nitrogens is 2. The average molecular weight is 389 g/mol. The molecule has 3 aromatic rings. The van der Waals surface area contributed by atoms with Crippen LogP contribution in [0.2, 0.25) is 0 Å². The number of hydrogen-bond acceptors (Lipinski definition) is 7. The molecule has 2 aromatic heterocycles. The molecule has 0 saturated heterocycles. The summed E-state index contributed by atoms with van der Waals surface area (Å²) in [6.07, 6.45) is 1.61. The number of benzene rings is 1. The smallest absolute Gasteiger partial charge is 0.325 e. The van der Waals surface area contributed by atoms with Crippen LogP contribution in [0.1, 0.15) is 15.4 Å². The molecule has 0 radical (unpaired) electrons. The van der Waals surface area contributed by atoms with Crippen molar-refractivity contribution in [3.63, 3.8) is 0 Å². The number of amides is 3. The molecule has 3 rings (SSSR count). The third-order valence-electron chi connectivity index (χ3n) is 3.23. The Hall–Kier alpha value is -2.98. The van der Waals surface area contributed by atoms with Crippen LogP contribution in [0.4, 0.5) is 20.7 Å². The van der Waals surface area contributed by atoms with Crippen molar-refractivity contribution in [3.8, 4) is 5.75 Å². The van der Waals surface area contributed by atoms with E-state index < -0.39 is 6.03 Å². The fraction of sp³-hybridized carbons (Fsp3) is 0.125. The molecule has 26 heavy (non-hydrogen) atoms. The van der Waals surface area contributed by atoms with Gasteiger partial charge in [-0.05, 0) is 19.1 Å². The molecular formula is C16H15N5O3S2. The number of carbonyl (C=O) groups excluding carboxylic acids is 2. The lowest BCUT2D eigenvalue weighted by atomic mass is 10.3. The van der Waals surface area contributed by atoms with E-state index in [2.05, 4.69) is 25.9 Å². The quantitative estimate of drug-likeness (QED) is 0.615. The summed E-state index contributed by atoms with van der Waals surface area (Å²) in [5.74, 6) is 0.231. The van der Waals surface area contributed by atoms with Crippen LogP contribution >= 0.6 is 22.7 Å². The van der Waals surface area contributed by atoms with Gasteiger partial charge < -0.3 is 10.1 Å². The largest absolute Gasteiger partial charge is 0.495 e. The lowest BCUT2D eigenvalue weighted by Crippen LogP contribution is -2.19. The summed E-state index contributed by atoms with van der Waals surface area (Å²) >= 11 is 2.41. The number of urea groups is 1. The number of methoxy groups -OCH3 is 1. The van der Waals surface area contributed by atoms with Gasteiger partial charge in [0, 0.05) is 11.6 Å². The van der Waals surface area contributed by atoms with Crippen molar-refractivity contribution in [2.24, 2.45) is 0 Å². The van der Waals surface area contributed by atoms with Gasteiger partial charge in [0.25, 0.3) is 5.91 Å². The Morgan fingerprint density at radius 3 is 2.65 bits per heavy atom. The zero-order valence-electron chi connectivity index (χ0n) is 13.9. The zero-order chi connectivity index (χ0) is 18.5. The van der Waals surface area contributed by atoms with Crippen molar-refractivity contribution < 1.29 is 14.3 Å². The second-order valence-corrected chi connectivity index (χ2v) is 6.90. The molecule has 134 valence electrons. The monoisotopic (exact) mass is 389 g/mol. The second-order valence-electron chi connectivity index (χ2n) is 5.00. The molecule has 0 unspecified atom stereocenters. The van der Waals surface area contributed by atoms with Crippen LogP contribution in [-0.4, -0.2) is 29.0 Å². The molecule has 2 heterocycles. The first kappa shape index (κ1) is 17.8. The molecule has 0 fully saturated rings. The molecule has 0 atom stereocenters. The maximum atomic E-state index is 12.3. The molecule has 0 aliphatic heterocycles. The highest BCUT2D eigenvalue weighted by Gasteiger charge is 2.18. The van der Waals surface area contributed by atoms with Crippen molar-refractivity contribution >= 4 is 50.6 Å². The van der Waals surface area contributed by atoms with E-state index in [0.29, 0.717) is 32.3 Å². The molecule has 0 saturated carbocycles. The minimum atomic E-state index is -0.477. The van der Waals surface area contributed by atoms with Crippen LogP contribution in [-0.2, 0) is 0 Å². The molecule has 0 bridgehead atoms. The number of carbonyl (C=O) groups is 2. The molecule has 8 nitrogen and oxygen atoms in total. The second kappa shape index (κ2) is 7.93. The van der Waals surface area contributed by atoms with Crippen molar-refractivity contribution in [1.82, 2.24) is 9.97 Å². The third kappa shape index (κ3) is 4.16. The Balaban J connectivity index is 1.67. The Morgan fingerprint density at radius 2 is 1.92 bits per heavy atom. The van der Waals surface area contributed by atoms with Gasteiger partial charge in [0.15, 0.2) is 10.3 Å². The van der Waals surface area contributed by atoms with Gasteiger partial charge in [-0.2, -0.15) is 0 Å². The van der Waals surface area contributed by atoms with Crippen LogP contribution in [0.15, 0.2) is 35.8 Å². The summed E-state index contributed by atoms with van der Waals surface area (Å²) in [5.41, 5.74) is 1.05. The SMILES string of the molecule is COc1ccccc1NC(=O)Nc1nc(C)c(C(=O)Nc2nccs2)s1. The van der Waals surface area contributed by atoms with Crippen LogP contribution in [0.5, 0.6) is 5.75 Å². The van der Waals surface area contributed by atoms with Gasteiger partial charge in [-0.15, -0.1) is 11.3 Å². The van der Waals surface area contributed by atoms with Gasteiger partial charge in [0.2, 0.25) is 0 Å². The maximum absolute atomic E-state index is 12.3. The molecule has 0 aliphatic rings. The van der Waals surface area contributed by atoms with Crippen LogP contribution in [0.3, 0.4) is 0 Å². The normalized spacial score (nSPS) is 10.2. The minimum Gasteiger partial charge on any atom is -0.495 e. The summed E-state index contributed by atoms with van der Waals surface area (Å²) in [5, 5.41) is 10.6. The number of para-hydroxylation sites is 2. The van der Waals surface area contributed by atoms with E-state index in [1.165, 1.54) is 18.4 Å². The number of nitrogens with one attached hydrogen (secondary N) is 3. The fourth-order valence-electron chi connectivity index (χ4n) is 2.10. The highest BCUT2D eigenvalue weighted by atomic mass is 32.1. The Morgan fingerprint density at radius 1 is 1.12 bits per heavy atom. The van der Waals surface area contributed by atoms with E-state index in [9.17, 15) is 9.59 Å². The number of aryl methyl sites for hydroxylation is 1. The molecule has 10 heteroatoms. The predicted molar refractivity (Wildman–Crippen MR) is 103 cm³/mol. The Labute approximate surface area is 157 Å². The Kier molecular flexibility index (Phi) is 5.44. The van der Waals surface area contributed by atoms with E-state index in [1.807, 2.05) is 0 Å².